The summed E-state index contributed by atoms with van der Waals surface area (Å²) in [4.78, 5) is 16.1. The molecule has 0 radical (unpaired) electrons. The van der Waals surface area contributed by atoms with Crippen molar-refractivity contribution in [3.05, 3.63) is 51.8 Å². The Morgan fingerprint density at radius 1 is 1.30 bits per heavy atom. The normalized spacial score (nSPS) is 10.2. The smallest absolute Gasteiger partial charge is 0.274 e. The molecule has 20 heavy (non-hydrogen) atoms. The number of methoxy groups -OCH3 is 1. The largest absolute Gasteiger partial charge is 0.495 e. The number of ether oxygens (including phenoxy) is 1. The van der Waals surface area contributed by atoms with Crippen molar-refractivity contribution >= 4 is 34.8 Å². The highest BCUT2D eigenvalue weighted by molar-refractivity contribution is 6.31. The molecule has 0 fully saturated rings. The Hall–Kier alpha value is -1.78. The van der Waals surface area contributed by atoms with Crippen LogP contribution < -0.4 is 10.1 Å². The summed E-state index contributed by atoms with van der Waals surface area (Å²) in [7, 11) is 1.51. The standard InChI is InChI=1S/C14H12Cl2N2O2/c1-8-6-11(12(20-2)7-9(8)15)18-14(19)10-4-3-5-13(16)17-10/h3-7H,1-2H3,(H,18,19). The molecule has 2 aromatic rings. The number of hydrogen-bond donors (Lipinski definition) is 1. The second-order valence-corrected chi connectivity index (χ2v) is 4.90. The van der Waals surface area contributed by atoms with Gasteiger partial charge in [-0.1, -0.05) is 29.3 Å². The maximum atomic E-state index is 12.1. The van der Waals surface area contributed by atoms with Gasteiger partial charge in [0.15, 0.2) is 0 Å². The number of aromatic nitrogens is 1. The third-order valence-corrected chi connectivity index (χ3v) is 3.29. The third-order valence-electron chi connectivity index (χ3n) is 2.68. The molecule has 1 amide bonds. The fourth-order valence-electron chi connectivity index (χ4n) is 1.65. The van der Waals surface area contributed by atoms with E-state index in [1.807, 2.05) is 6.92 Å². The second-order valence-electron chi connectivity index (χ2n) is 4.10. The van der Waals surface area contributed by atoms with E-state index in [4.69, 9.17) is 27.9 Å². The molecule has 0 unspecified atom stereocenters. The van der Waals surface area contributed by atoms with Crippen LogP contribution in [0.25, 0.3) is 0 Å². The number of carbonyl (C=O) groups is 1. The second kappa shape index (κ2) is 6.11. The molecule has 1 heterocycles. The maximum Gasteiger partial charge on any atom is 0.274 e. The van der Waals surface area contributed by atoms with Crippen LogP contribution in [0.15, 0.2) is 30.3 Å². The number of hydrogen-bond acceptors (Lipinski definition) is 3. The molecule has 0 bridgehead atoms. The van der Waals surface area contributed by atoms with E-state index in [0.717, 1.165) is 5.56 Å². The first-order valence-corrected chi connectivity index (χ1v) is 6.55. The Kier molecular flexibility index (Phi) is 4.47. The highest BCUT2D eigenvalue weighted by Crippen LogP contribution is 2.31. The fourth-order valence-corrected chi connectivity index (χ4v) is 1.97. The Morgan fingerprint density at radius 3 is 2.70 bits per heavy atom. The van der Waals surface area contributed by atoms with Gasteiger partial charge in [-0.05, 0) is 30.7 Å². The van der Waals surface area contributed by atoms with Crippen LogP contribution in [0.4, 0.5) is 5.69 Å². The Bertz CT molecular complexity index is 660. The van der Waals surface area contributed by atoms with Crippen LogP contribution in [0.3, 0.4) is 0 Å². The van der Waals surface area contributed by atoms with Gasteiger partial charge in [-0.25, -0.2) is 4.98 Å². The van der Waals surface area contributed by atoms with E-state index >= 15 is 0 Å². The summed E-state index contributed by atoms with van der Waals surface area (Å²) in [5.41, 5.74) is 1.59. The molecule has 1 aromatic heterocycles. The molecule has 104 valence electrons. The third kappa shape index (κ3) is 3.21. The number of halogens is 2. The molecule has 4 nitrogen and oxygen atoms in total. The van der Waals surface area contributed by atoms with Crippen LogP contribution >= 0.6 is 23.2 Å². The molecule has 0 aliphatic carbocycles. The van der Waals surface area contributed by atoms with Crippen molar-refractivity contribution in [2.45, 2.75) is 6.92 Å². The molecular formula is C14H12Cl2N2O2. The number of anilines is 1. The molecule has 1 N–H and O–H groups in total. The van der Waals surface area contributed by atoms with Crippen LogP contribution in [0, 0.1) is 6.92 Å². The summed E-state index contributed by atoms with van der Waals surface area (Å²) in [6, 6.07) is 8.23. The first kappa shape index (κ1) is 14.6. The first-order valence-electron chi connectivity index (χ1n) is 5.79. The van der Waals surface area contributed by atoms with Crippen molar-refractivity contribution in [1.29, 1.82) is 0 Å². The summed E-state index contributed by atoms with van der Waals surface area (Å²) >= 11 is 11.8. The van der Waals surface area contributed by atoms with Crippen molar-refractivity contribution in [2.75, 3.05) is 12.4 Å². The minimum absolute atomic E-state index is 0.229. The number of nitrogens with one attached hydrogen (secondary N) is 1. The summed E-state index contributed by atoms with van der Waals surface area (Å²) < 4.78 is 5.20. The van der Waals surface area contributed by atoms with Gasteiger partial charge in [0.25, 0.3) is 5.91 Å². The van der Waals surface area contributed by atoms with Gasteiger partial charge in [0.1, 0.15) is 16.6 Å². The average molecular weight is 311 g/mol. The van der Waals surface area contributed by atoms with Crippen LogP contribution in [0.1, 0.15) is 16.1 Å². The van der Waals surface area contributed by atoms with Gasteiger partial charge in [-0.3, -0.25) is 4.79 Å². The molecule has 6 heteroatoms. The van der Waals surface area contributed by atoms with E-state index in [1.54, 1.807) is 30.3 Å². The van der Waals surface area contributed by atoms with Crippen molar-refractivity contribution in [3.63, 3.8) is 0 Å². The zero-order valence-corrected chi connectivity index (χ0v) is 12.4. The van der Waals surface area contributed by atoms with Gasteiger partial charge < -0.3 is 10.1 Å². The summed E-state index contributed by atoms with van der Waals surface area (Å²) in [6.07, 6.45) is 0. The SMILES string of the molecule is COc1cc(Cl)c(C)cc1NC(=O)c1cccc(Cl)n1. The van der Waals surface area contributed by atoms with Crippen molar-refractivity contribution < 1.29 is 9.53 Å². The quantitative estimate of drug-likeness (QED) is 0.873. The van der Waals surface area contributed by atoms with Crippen LogP contribution in [-0.2, 0) is 0 Å². The van der Waals surface area contributed by atoms with Gasteiger partial charge in [0, 0.05) is 11.1 Å². The molecular weight excluding hydrogens is 299 g/mol. The molecule has 1 aromatic carbocycles. The predicted molar refractivity (Wildman–Crippen MR) is 79.9 cm³/mol. The predicted octanol–water partition coefficient (Wildman–Crippen LogP) is 3.96. The lowest BCUT2D eigenvalue weighted by Gasteiger charge is -2.12. The van der Waals surface area contributed by atoms with E-state index in [0.29, 0.717) is 16.5 Å². The minimum atomic E-state index is -0.368. The molecule has 2 rings (SSSR count). The summed E-state index contributed by atoms with van der Waals surface area (Å²) in [6.45, 7) is 1.84. The van der Waals surface area contributed by atoms with Crippen LogP contribution in [-0.4, -0.2) is 18.0 Å². The Labute approximate surface area is 126 Å². The molecule has 0 saturated carbocycles. The fraction of sp³-hybridized carbons (Fsp3) is 0.143. The topological polar surface area (TPSA) is 51.2 Å². The van der Waals surface area contributed by atoms with Gasteiger partial charge in [0.2, 0.25) is 0 Å². The highest BCUT2D eigenvalue weighted by Gasteiger charge is 2.13. The number of aryl methyl sites for hydroxylation is 1. The average Bonchev–Trinajstić information content (AvgIpc) is 2.42. The van der Waals surface area contributed by atoms with Crippen molar-refractivity contribution in [3.8, 4) is 5.75 Å². The molecule has 0 aliphatic rings. The van der Waals surface area contributed by atoms with E-state index in [1.165, 1.54) is 7.11 Å². The van der Waals surface area contributed by atoms with E-state index in [-0.39, 0.29) is 16.8 Å². The highest BCUT2D eigenvalue weighted by atomic mass is 35.5. The van der Waals surface area contributed by atoms with Crippen molar-refractivity contribution in [2.24, 2.45) is 0 Å². The minimum Gasteiger partial charge on any atom is -0.495 e. The maximum absolute atomic E-state index is 12.1. The zero-order valence-electron chi connectivity index (χ0n) is 10.9. The lowest BCUT2D eigenvalue weighted by Crippen LogP contribution is -2.14. The molecule has 0 spiro atoms. The molecule has 0 atom stereocenters. The van der Waals surface area contributed by atoms with Gasteiger partial charge in [-0.2, -0.15) is 0 Å². The Morgan fingerprint density at radius 2 is 2.05 bits per heavy atom. The van der Waals surface area contributed by atoms with Crippen LogP contribution in [0.2, 0.25) is 10.2 Å². The summed E-state index contributed by atoms with van der Waals surface area (Å²) in [5.74, 6) is 0.114. The number of benzene rings is 1. The lowest BCUT2D eigenvalue weighted by atomic mass is 10.2. The summed E-state index contributed by atoms with van der Waals surface area (Å²) in [5, 5.41) is 3.56. The van der Waals surface area contributed by atoms with E-state index < -0.39 is 0 Å². The van der Waals surface area contributed by atoms with E-state index in [2.05, 4.69) is 10.3 Å². The van der Waals surface area contributed by atoms with Crippen molar-refractivity contribution in [1.82, 2.24) is 4.98 Å². The zero-order chi connectivity index (χ0) is 14.7. The first-order chi connectivity index (χ1) is 9.51. The van der Waals surface area contributed by atoms with Gasteiger partial charge >= 0.3 is 0 Å². The Balaban J connectivity index is 2.30. The number of carbonyl (C=O) groups excluding carboxylic acids is 1. The molecule has 0 aliphatic heterocycles. The van der Waals surface area contributed by atoms with E-state index in [9.17, 15) is 4.79 Å². The monoisotopic (exact) mass is 310 g/mol. The van der Waals surface area contributed by atoms with Gasteiger partial charge in [-0.15, -0.1) is 0 Å². The number of pyridine rings is 1. The van der Waals surface area contributed by atoms with Gasteiger partial charge in [0.05, 0.1) is 12.8 Å². The lowest BCUT2D eigenvalue weighted by molar-refractivity contribution is 0.102. The molecule has 0 saturated heterocycles. The number of amides is 1. The number of nitrogens with zero attached hydrogens (tertiary/aromatic N) is 1. The van der Waals surface area contributed by atoms with Crippen LogP contribution in [0.5, 0.6) is 5.75 Å². The number of rotatable bonds is 3.